The molecule has 1 aromatic carbocycles. The maximum Gasteiger partial charge on any atom is 0.191 e. The Bertz CT molecular complexity index is 455. The third kappa shape index (κ3) is 9.73. The van der Waals surface area contributed by atoms with Crippen molar-refractivity contribution in [2.45, 2.75) is 26.7 Å². The largest absolute Gasteiger partial charge is 0.492 e. The summed E-state index contributed by atoms with van der Waals surface area (Å²) in [6.45, 7) is 8.17. The first-order valence-corrected chi connectivity index (χ1v) is 8.24. The monoisotopic (exact) mass is 325 g/mol. The van der Waals surface area contributed by atoms with Crippen molar-refractivity contribution in [3.8, 4) is 5.75 Å². The number of aliphatic imine (C=N–C) groups is 1. The molecule has 0 atom stereocenters. The fourth-order valence-corrected chi connectivity index (χ4v) is 1.89. The van der Waals surface area contributed by atoms with Gasteiger partial charge >= 0.3 is 0 Å². The number of unbranched alkanes of at least 4 members (excludes halogenated alkanes) is 1. The van der Waals surface area contributed by atoms with Gasteiger partial charge in [0.05, 0.1) is 6.54 Å². The maximum absolute atomic E-state index is 13.0. The third-order valence-corrected chi connectivity index (χ3v) is 2.97. The highest BCUT2D eigenvalue weighted by atomic mass is 19.1. The Kier molecular flexibility index (Phi) is 10.6. The maximum atomic E-state index is 13.0. The molecular weight excluding hydrogens is 297 g/mol. The second-order valence-electron chi connectivity index (χ2n) is 4.90. The molecule has 0 aliphatic carbocycles. The van der Waals surface area contributed by atoms with Crippen LogP contribution in [0.5, 0.6) is 5.75 Å². The van der Waals surface area contributed by atoms with Gasteiger partial charge in [0.1, 0.15) is 18.2 Å². The summed E-state index contributed by atoms with van der Waals surface area (Å²) in [7, 11) is 0. The molecule has 0 spiro atoms. The van der Waals surface area contributed by atoms with Crippen molar-refractivity contribution in [1.29, 1.82) is 0 Å². The standard InChI is InChI=1S/C17H28FN3O2/c1-3-19-17(20-10-5-6-12-22-4-2)21-11-13-23-16-9-7-8-15(18)14-16/h7-9,14H,3-6,10-13H2,1-2H3,(H2,19,20,21). The minimum atomic E-state index is -0.294. The molecule has 0 radical (unpaired) electrons. The second-order valence-corrected chi connectivity index (χ2v) is 4.90. The van der Waals surface area contributed by atoms with Gasteiger partial charge in [0.25, 0.3) is 0 Å². The Morgan fingerprint density at radius 2 is 2.04 bits per heavy atom. The first-order chi connectivity index (χ1) is 11.3. The smallest absolute Gasteiger partial charge is 0.191 e. The van der Waals surface area contributed by atoms with Crippen molar-refractivity contribution in [2.24, 2.45) is 4.99 Å². The minimum Gasteiger partial charge on any atom is -0.492 e. The number of hydrogen-bond acceptors (Lipinski definition) is 3. The zero-order valence-corrected chi connectivity index (χ0v) is 14.1. The molecule has 1 aromatic rings. The highest BCUT2D eigenvalue weighted by Crippen LogP contribution is 2.11. The third-order valence-electron chi connectivity index (χ3n) is 2.97. The van der Waals surface area contributed by atoms with E-state index in [1.807, 2.05) is 13.8 Å². The summed E-state index contributed by atoms with van der Waals surface area (Å²) in [5.74, 6) is 1.01. The minimum absolute atomic E-state index is 0.294. The van der Waals surface area contributed by atoms with Gasteiger partial charge < -0.3 is 20.1 Å². The van der Waals surface area contributed by atoms with Gasteiger partial charge in [-0.3, -0.25) is 4.99 Å². The van der Waals surface area contributed by atoms with Crippen LogP contribution < -0.4 is 15.4 Å². The number of hydrogen-bond donors (Lipinski definition) is 2. The Morgan fingerprint density at radius 1 is 1.17 bits per heavy atom. The highest BCUT2D eigenvalue weighted by Gasteiger charge is 1.98. The summed E-state index contributed by atoms with van der Waals surface area (Å²) >= 11 is 0. The van der Waals surface area contributed by atoms with Crippen LogP contribution in [0, 0.1) is 5.82 Å². The van der Waals surface area contributed by atoms with Gasteiger partial charge in [0, 0.05) is 32.4 Å². The second kappa shape index (κ2) is 12.7. The van der Waals surface area contributed by atoms with Crippen molar-refractivity contribution >= 4 is 5.96 Å². The average Bonchev–Trinajstić information content (AvgIpc) is 2.54. The van der Waals surface area contributed by atoms with Crippen LogP contribution in [0.2, 0.25) is 0 Å². The summed E-state index contributed by atoms with van der Waals surface area (Å²) in [6, 6.07) is 6.14. The van der Waals surface area contributed by atoms with E-state index in [9.17, 15) is 4.39 Å². The fraction of sp³-hybridized carbons (Fsp3) is 0.588. The van der Waals surface area contributed by atoms with E-state index in [4.69, 9.17) is 9.47 Å². The lowest BCUT2D eigenvalue weighted by molar-refractivity contribution is 0.144. The molecular formula is C17H28FN3O2. The Balaban J connectivity index is 2.21. The van der Waals surface area contributed by atoms with Crippen LogP contribution in [-0.4, -0.2) is 45.4 Å². The molecule has 0 aliphatic rings. The van der Waals surface area contributed by atoms with Crippen molar-refractivity contribution < 1.29 is 13.9 Å². The van der Waals surface area contributed by atoms with E-state index in [2.05, 4.69) is 15.6 Å². The molecule has 0 unspecified atom stereocenters. The molecule has 2 N–H and O–H groups in total. The van der Waals surface area contributed by atoms with E-state index in [1.54, 1.807) is 12.1 Å². The van der Waals surface area contributed by atoms with Gasteiger partial charge in [-0.2, -0.15) is 0 Å². The summed E-state index contributed by atoms with van der Waals surface area (Å²) in [5, 5.41) is 6.38. The first-order valence-electron chi connectivity index (χ1n) is 8.24. The number of ether oxygens (including phenoxy) is 2. The molecule has 1 rings (SSSR count). The molecule has 23 heavy (non-hydrogen) atoms. The number of halogens is 1. The lowest BCUT2D eigenvalue weighted by atomic mass is 10.3. The van der Waals surface area contributed by atoms with Gasteiger partial charge in [-0.15, -0.1) is 0 Å². The van der Waals surface area contributed by atoms with Crippen LogP contribution in [0.25, 0.3) is 0 Å². The Hall–Kier alpha value is -1.82. The van der Waals surface area contributed by atoms with E-state index < -0.39 is 0 Å². The molecule has 0 amide bonds. The highest BCUT2D eigenvalue weighted by molar-refractivity contribution is 5.79. The molecule has 0 bridgehead atoms. The van der Waals surface area contributed by atoms with Crippen LogP contribution in [0.4, 0.5) is 4.39 Å². The topological polar surface area (TPSA) is 54.9 Å². The van der Waals surface area contributed by atoms with E-state index in [0.717, 1.165) is 45.1 Å². The van der Waals surface area contributed by atoms with E-state index in [1.165, 1.54) is 12.1 Å². The summed E-state index contributed by atoms with van der Waals surface area (Å²) in [6.07, 6.45) is 2.01. The first kappa shape index (κ1) is 19.2. The van der Waals surface area contributed by atoms with Crippen LogP contribution in [-0.2, 0) is 4.74 Å². The molecule has 0 heterocycles. The van der Waals surface area contributed by atoms with Gasteiger partial charge in [-0.1, -0.05) is 6.07 Å². The molecule has 0 aromatic heterocycles. The lowest BCUT2D eigenvalue weighted by Crippen LogP contribution is -2.39. The molecule has 0 saturated carbocycles. The number of benzene rings is 1. The van der Waals surface area contributed by atoms with Crippen molar-refractivity contribution in [2.75, 3.05) is 39.5 Å². The van der Waals surface area contributed by atoms with Crippen molar-refractivity contribution in [3.05, 3.63) is 30.1 Å². The van der Waals surface area contributed by atoms with Gasteiger partial charge in [0.2, 0.25) is 0 Å². The number of guanidine groups is 1. The zero-order valence-electron chi connectivity index (χ0n) is 14.1. The zero-order chi connectivity index (χ0) is 16.8. The summed E-state index contributed by atoms with van der Waals surface area (Å²) < 4.78 is 23.8. The Morgan fingerprint density at radius 3 is 2.78 bits per heavy atom. The van der Waals surface area contributed by atoms with E-state index in [-0.39, 0.29) is 5.82 Å². The molecule has 130 valence electrons. The fourth-order valence-electron chi connectivity index (χ4n) is 1.89. The van der Waals surface area contributed by atoms with Gasteiger partial charge in [-0.25, -0.2) is 4.39 Å². The van der Waals surface area contributed by atoms with Gasteiger partial charge in [-0.05, 0) is 38.8 Å². The predicted molar refractivity (Wildman–Crippen MR) is 91.6 cm³/mol. The SMILES string of the molecule is CCNC(=NCCCCOCC)NCCOc1cccc(F)c1. The van der Waals surface area contributed by atoms with Crippen LogP contribution in [0.1, 0.15) is 26.7 Å². The summed E-state index contributed by atoms with van der Waals surface area (Å²) in [4.78, 5) is 4.49. The number of nitrogens with zero attached hydrogens (tertiary/aromatic N) is 1. The van der Waals surface area contributed by atoms with Crippen LogP contribution in [0.3, 0.4) is 0 Å². The average molecular weight is 325 g/mol. The quantitative estimate of drug-likeness (QED) is 0.373. The molecule has 0 fully saturated rings. The molecule has 0 saturated heterocycles. The Labute approximate surface area is 138 Å². The lowest BCUT2D eigenvalue weighted by Gasteiger charge is -2.12. The van der Waals surface area contributed by atoms with Gasteiger partial charge in [0.15, 0.2) is 5.96 Å². The molecule has 0 aliphatic heterocycles. The van der Waals surface area contributed by atoms with E-state index >= 15 is 0 Å². The molecule has 6 heteroatoms. The number of nitrogens with one attached hydrogen (secondary N) is 2. The van der Waals surface area contributed by atoms with Crippen molar-refractivity contribution in [3.63, 3.8) is 0 Å². The normalized spacial score (nSPS) is 11.3. The van der Waals surface area contributed by atoms with E-state index in [0.29, 0.717) is 18.9 Å². The predicted octanol–water partition coefficient (Wildman–Crippen LogP) is 2.58. The summed E-state index contributed by atoms with van der Waals surface area (Å²) in [5.41, 5.74) is 0. The number of rotatable bonds is 11. The van der Waals surface area contributed by atoms with Crippen LogP contribution >= 0.6 is 0 Å². The van der Waals surface area contributed by atoms with Crippen molar-refractivity contribution in [1.82, 2.24) is 10.6 Å². The molecule has 5 nitrogen and oxygen atoms in total. The van der Waals surface area contributed by atoms with Crippen LogP contribution in [0.15, 0.2) is 29.3 Å².